The summed E-state index contributed by atoms with van der Waals surface area (Å²) in [5, 5.41) is 3.14. The van der Waals surface area contributed by atoms with Gasteiger partial charge in [0.2, 0.25) is 0 Å². The van der Waals surface area contributed by atoms with E-state index in [4.69, 9.17) is 4.74 Å². The highest BCUT2D eigenvalue weighted by molar-refractivity contribution is 5.70. The van der Waals surface area contributed by atoms with Crippen LogP contribution in [0.25, 0.3) is 0 Å². The maximum Gasteiger partial charge on any atom is 0.307 e. The first-order valence-electron chi connectivity index (χ1n) is 6.39. The van der Waals surface area contributed by atoms with E-state index in [-0.39, 0.29) is 12.0 Å². The highest BCUT2D eigenvalue weighted by Crippen LogP contribution is 2.18. The molecule has 0 aliphatic carbocycles. The van der Waals surface area contributed by atoms with E-state index in [1.165, 1.54) is 12.7 Å². The lowest BCUT2D eigenvalue weighted by Crippen LogP contribution is -2.20. The van der Waals surface area contributed by atoms with Crippen molar-refractivity contribution in [2.24, 2.45) is 5.92 Å². The summed E-state index contributed by atoms with van der Waals surface area (Å²) in [7, 11) is 3.27. The SMILES string of the molecule is CNC(CC(=O)OC)c1ccc(CC(C)C)cc1. The molecule has 1 aromatic rings. The molecule has 0 fully saturated rings. The fourth-order valence-electron chi connectivity index (χ4n) is 1.99. The maximum atomic E-state index is 11.3. The van der Waals surface area contributed by atoms with E-state index in [1.807, 2.05) is 7.05 Å². The van der Waals surface area contributed by atoms with E-state index in [9.17, 15) is 4.79 Å². The second-order valence-corrected chi connectivity index (χ2v) is 4.96. The Morgan fingerprint density at radius 1 is 1.28 bits per heavy atom. The normalized spacial score (nSPS) is 12.5. The fraction of sp³-hybridized carbons (Fsp3) is 0.533. The third-order valence-electron chi connectivity index (χ3n) is 2.97. The van der Waals surface area contributed by atoms with Gasteiger partial charge in [0.1, 0.15) is 0 Å². The van der Waals surface area contributed by atoms with Gasteiger partial charge in [-0.25, -0.2) is 0 Å². The molecule has 1 N–H and O–H groups in total. The van der Waals surface area contributed by atoms with Gasteiger partial charge < -0.3 is 10.1 Å². The van der Waals surface area contributed by atoms with E-state index in [2.05, 4.69) is 43.4 Å². The van der Waals surface area contributed by atoms with Crippen LogP contribution in [0, 0.1) is 5.92 Å². The lowest BCUT2D eigenvalue weighted by Gasteiger charge is -2.16. The molecule has 0 aliphatic rings. The van der Waals surface area contributed by atoms with Crippen LogP contribution >= 0.6 is 0 Å². The van der Waals surface area contributed by atoms with Gasteiger partial charge in [-0.2, -0.15) is 0 Å². The first kappa shape index (κ1) is 14.7. The Balaban J connectivity index is 2.72. The molecule has 1 rings (SSSR count). The van der Waals surface area contributed by atoms with E-state index in [0.29, 0.717) is 12.3 Å². The maximum absolute atomic E-state index is 11.3. The minimum absolute atomic E-state index is 0.0190. The first-order chi connectivity index (χ1) is 8.56. The van der Waals surface area contributed by atoms with E-state index >= 15 is 0 Å². The van der Waals surface area contributed by atoms with Gasteiger partial charge in [0.25, 0.3) is 0 Å². The van der Waals surface area contributed by atoms with Gasteiger partial charge >= 0.3 is 5.97 Å². The molecule has 0 aromatic heterocycles. The van der Waals surface area contributed by atoms with Crippen molar-refractivity contribution in [1.29, 1.82) is 0 Å². The lowest BCUT2D eigenvalue weighted by atomic mass is 9.98. The summed E-state index contributed by atoms with van der Waals surface area (Å²) in [5.74, 6) is 0.464. The fourth-order valence-corrected chi connectivity index (χ4v) is 1.99. The van der Waals surface area contributed by atoms with Gasteiger partial charge in [0, 0.05) is 6.04 Å². The van der Waals surface area contributed by atoms with Gasteiger partial charge in [-0.3, -0.25) is 4.79 Å². The highest BCUT2D eigenvalue weighted by atomic mass is 16.5. The smallest absolute Gasteiger partial charge is 0.307 e. The summed E-state index contributed by atoms with van der Waals surface area (Å²) in [6.45, 7) is 4.42. The van der Waals surface area contributed by atoms with Crippen molar-refractivity contribution >= 4 is 5.97 Å². The Bertz CT molecular complexity index is 371. The monoisotopic (exact) mass is 249 g/mol. The first-order valence-corrected chi connectivity index (χ1v) is 6.39. The Labute approximate surface area is 110 Å². The van der Waals surface area contributed by atoms with Crippen LogP contribution < -0.4 is 5.32 Å². The Morgan fingerprint density at radius 3 is 2.33 bits per heavy atom. The Kier molecular flexibility index (Phi) is 5.86. The van der Waals surface area contributed by atoms with Gasteiger partial charge in [-0.15, -0.1) is 0 Å². The molecule has 18 heavy (non-hydrogen) atoms. The van der Waals surface area contributed by atoms with Crippen molar-refractivity contribution in [2.45, 2.75) is 32.7 Å². The predicted octanol–water partition coefficient (Wildman–Crippen LogP) is 2.71. The molecule has 0 amide bonds. The third kappa shape index (κ3) is 4.49. The lowest BCUT2D eigenvalue weighted by molar-refractivity contribution is -0.141. The van der Waals surface area contributed by atoms with Crippen molar-refractivity contribution in [1.82, 2.24) is 5.32 Å². The second kappa shape index (κ2) is 7.17. The summed E-state index contributed by atoms with van der Waals surface area (Å²) in [4.78, 5) is 11.3. The topological polar surface area (TPSA) is 38.3 Å². The van der Waals surface area contributed by atoms with Crippen LogP contribution in [0.1, 0.15) is 37.4 Å². The molecule has 1 unspecified atom stereocenters. The van der Waals surface area contributed by atoms with Crippen molar-refractivity contribution in [3.8, 4) is 0 Å². The average Bonchev–Trinajstić information content (AvgIpc) is 2.36. The average molecular weight is 249 g/mol. The molecule has 0 saturated heterocycles. The molecular weight excluding hydrogens is 226 g/mol. The van der Waals surface area contributed by atoms with Gasteiger partial charge in [-0.1, -0.05) is 38.1 Å². The number of ether oxygens (including phenoxy) is 1. The largest absolute Gasteiger partial charge is 0.469 e. The number of esters is 1. The predicted molar refractivity (Wildman–Crippen MR) is 73.4 cm³/mol. The number of benzene rings is 1. The third-order valence-corrected chi connectivity index (χ3v) is 2.97. The van der Waals surface area contributed by atoms with Crippen molar-refractivity contribution in [3.63, 3.8) is 0 Å². The standard InChI is InChI=1S/C15H23NO2/c1-11(2)9-12-5-7-13(8-6-12)14(16-3)10-15(17)18-4/h5-8,11,14,16H,9-10H2,1-4H3. The number of carbonyl (C=O) groups is 1. The van der Waals surface area contributed by atoms with Crippen LogP contribution in [0.2, 0.25) is 0 Å². The number of methoxy groups -OCH3 is 1. The zero-order valence-electron chi connectivity index (χ0n) is 11.7. The van der Waals surface area contributed by atoms with E-state index in [1.54, 1.807) is 0 Å². The number of hydrogen-bond donors (Lipinski definition) is 1. The van der Waals surface area contributed by atoms with E-state index in [0.717, 1.165) is 12.0 Å². The Hall–Kier alpha value is -1.35. The molecule has 0 heterocycles. The molecule has 0 radical (unpaired) electrons. The van der Waals surface area contributed by atoms with Crippen LogP contribution in [0.15, 0.2) is 24.3 Å². The minimum Gasteiger partial charge on any atom is -0.469 e. The van der Waals surface area contributed by atoms with Crippen LogP contribution in [-0.4, -0.2) is 20.1 Å². The second-order valence-electron chi connectivity index (χ2n) is 4.96. The van der Waals surface area contributed by atoms with Gasteiger partial charge in [0.05, 0.1) is 13.5 Å². The van der Waals surface area contributed by atoms with Crippen LogP contribution in [0.4, 0.5) is 0 Å². The highest BCUT2D eigenvalue weighted by Gasteiger charge is 2.14. The van der Waals surface area contributed by atoms with Crippen molar-refractivity contribution in [2.75, 3.05) is 14.2 Å². The number of rotatable bonds is 6. The van der Waals surface area contributed by atoms with Crippen LogP contribution in [0.3, 0.4) is 0 Å². The quantitative estimate of drug-likeness (QED) is 0.788. The molecule has 0 saturated carbocycles. The molecule has 0 aliphatic heterocycles. The van der Waals surface area contributed by atoms with Crippen molar-refractivity contribution < 1.29 is 9.53 Å². The van der Waals surface area contributed by atoms with Crippen LogP contribution in [-0.2, 0) is 16.0 Å². The van der Waals surface area contributed by atoms with Gasteiger partial charge in [0.15, 0.2) is 0 Å². The van der Waals surface area contributed by atoms with Gasteiger partial charge in [-0.05, 0) is 30.5 Å². The number of nitrogens with one attached hydrogen (secondary N) is 1. The summed E-state index contributed by atoms with van der Waals surface area (Å²) in [6, 6.07) is 8.46. The molecule has 3 heteroatoms. The number of hydrogen-bond acceptors (Lipinski definition) is 3. The molecular formula is C15H23NO2. The summed E-state index contributed by atoms with van der Waals surface area (Å²) >= 11 is 0. The van der Waals surface area contributed by atoms with E-state index < -0.39 is 0 Å². The van der Waals surface area contributed by atoms with Crippen LogP contribution in [0.5, 0.6) is 0 Å². The summed E-state index contributed by atoms with van der Waals surface area (Å²) in [5.41, 5.74) is 2.46. The molecule has 1 atom stereocenters. The van der Waals surface area contributed by atoms with Crippen molar-refractivity contribution in [3.05, 3.63) is 35.4 Å². The minimum atomic E-state index is -0.194. The zero-order chi connectivity index (χ0) is 13.5. The molecule has 0 bridgehead atoms. The zero-order valence-corrected chi connectivity index (χ0v) is 11.7. The molecule has 0 spiro atoms. The molecule has 3 nitrogen and oxygen atoms in total. The summed E-state index contributed by atoms with van der Waals surface area (Å²) in [6.07, 6.45) is 1.44. The molecule has 100 valence electrons. The Morgan fingerprint density at radius 2 is 1.89 bits per heavy atom. The summed E-state index contributed by atoms with van der Waals surface area (Å²) < 4.78 is 4.70. The molecule has 1 aromatic carbocycles. The number of carbonyl (C=O) groups excluding carboxylic acids is 1.